The summed E-state index contributed by atoms with van der Waals surface area (Å²) in [5, 5.41) is 6.53. The number of nitrogens with zero attached hydrogens (tertiary/aromatic N) is 2. The normalized spacial score (nSPS) is 17.2. The van der Waals surface area contributed by atoms with E-state index < -0.39 is 0 Å². The van der Waals surface area contributed by atoms with Gasteiger partial charge in [-0.3, -0.25) is 14.4 Å². The number of H-pyrrole nitrogens is 1. The lowest BCUT2D eigenvalue weighted by Crippen LogP contribution is -2.42. The van der Waals surface area contributed by atoms with E-state index in [4.69, 9.17) is 4.74 Å². The quantitative estimate of drug-likeness (QED) is 0.361. The fourth-order valence-corrected chi connectivity index (χ4v) is 4.87. The number of benzene rings is 2. The molecule has 37 heavy (non-hydrogen) atoms. The molecular formula is C28H35N5O4. The third-order valence-electron chi connectivity index (χ3n) is 6.96. The number of aromatic amines is 1. The molecule has 4 rings (SSSR count). The predicted molar refractivity (Wildman–Crippen MR) is 143 cm³/mol. The van der Waals surface area contributed by atoms with Crippen LogP contribution in [0.1, 0.15) is 44.6 Å². The first-order valence-electron chi connectivity index (χ1n) is 12.8. The minimum Gasteiger partial charge on any atom is -0.469 e. The second-order valence-corrected chi connectivity index (χ2v) is 9.58. The maximum absolute atomic E-state index is 12.8. The summed E-state index contributed by atoms with van der Waals surface area (Å²) in [5.41, 5.74) is 3.44. The highest BCUT2D eigenvalue weighted by Crippen LogP contribution is 2.27. The van der Waals surface area contributed by atoms with Crippen molar-refractivity contribution in [2.75, 3.05) is 30.4 Å². The Balaban J connectivity index is 1.25. The van der Waals surface area contributed by atoms with Crippen LogP contribution in [0.5, 0.6) is 0 Å². The topological polar surface area (TPSA) is 116 Å². The summed E-state index contributed by atoms with van der Waals surface area (Å²) in [6.45, 7) is 1.97. The number of carbonyl (C=O) groups excluding carboxylic acids is 3. The van der Waals surface area contributed by atoms with Gasteiger partial charge in [0.2, 0.25) is 17.8 Å². The molecule has 1 aromatic heterocycles. The number of amides is 2. The molecule has 0 unspecified atom stereocenters. The Labute approximate surface area is 217 Å². The molecule has 3 N–H and O–H groups in total. The Bertz CT molecular complexity index is 1200. The minimum atomic E-state index is -0.315. The number of imidazole rings is 1. The first kappa shape index (κ1) is 26.2. The number of methoxy groups -OCH3 is 1. The number of hydrogen-bond donors (Lipinski definition) is 3. The molecule has 0 bridgehead atoms. The number of ether oxygens (including phenoxy) is 1. The van der Waals surface area contributed by atoms with Gasteiger partial charge in [0.25, 0.3) is 0 Å². The molecule has 2 amide bonds. The van der Waals surface area contributed by atoms with Crippen LogP contribution in [-0.4, -0.2) is 54.0 Å². The fraction of sp³-hybridized carbons (Fsp3) is 0.429. The highest BCUT2D eigenvalue weighted by atomic mass is 16.5. The van der Waals surface area contributed by atoms with E-state index in [1.807, 2.05) is 42.5 Å². The molecule has 0 atom stereocenters. The van der Waals surface area contributed by atoms with Crippen molar-refractivity contribution in [2.24, 2.45) is 5.92 Å². The van der Waals surface area contributed by atoms with Gasteiger partial charge in [0.1, 0.15) is 6.54 Å². The number of para-hydroxylation sites is 3. The first-order chi connectivity index (χ1) is 17.9. The lowest BCUT2D eigenvalue weighted by Gasteiger charge is -2.29. The number of nitrogens with one attached hydrogen (secondary N) is 3. The zero-order valence-electron chi connectivity index (χ0n) is 21.5. The standard InChI is InChI=1S/C28H35N5O4/c1-19(34)33(25-10-6-3-7-21(25)13-16-27(36)37-2)18-26(35)29-17-20-11-14-22(15-12-20)30-28-31-23-8-4-5-9-24(23)32-28/h3-10,20,22H,11-18H2,1-2H3,(H,29,35)(H2,30,31,32). The van der Waals surface area contributed by atoms with Crippen LogP contribution >= 0.6 is 0 Å². The molecule has 1 heterocycles. The van der Waals surface area contributed by atoms with E-state index in [-0.39, 0.29) is 30.7 Å². The number of fused-ring (bicyclic) bond motifs is 1. The van der Waals surface area contributed by atoms with Crippen molar-refractivity contribution in [1.82, 2.24) is 15.3 Å². The van der Waals surface area contributed by atoms with E-state index in [0.29, 0.717) is 30.6 Å². The van der Waals surface area contributed by atoms with Gasteiger partial charge in [0, 0.05) is 31.6 Å². The summed E-state index contributed by atoms with van der Waals surface area (Å²) in [6.07, 6.45) is 4.66. The van der Waals surface area contributed by atoms with Crippen molar-refractivity contribution in [2.45, 2.75) is 51.5 Å². The van der Waals surface area contributed by atoms with Crippen molar-refractivity contribution in [1.29, 1.82) is 0 Å². The summed E-state index contributed by atoms with van der Waals surface area (Å²) in [7, 11) is 1.35. The van der Waals surface area contributed by atoms with Crippen molar-refractivity contribution < 1.29 is 19.1 Å². The van der Waals surface area contributed by atoms with E-state index in [1.54, 1.807) is 6.07 Å². The van der Waals surface area contributed by atoms with Crippen molar-refractivity contribution in [3.05, 3.63) is 54.1 Å². The van der Waals surface area contributed by atoms with Gasteiger partial charge in [-0.1, -0.05) is 30.3 Å². The molecular weight excluding hydrogens is 470 g/mol. The number of esters is 1. The van der Waals surface area contributed by atoms with Crippen molar-refractivity contribution in [3.8, 4) is 0 Å². The van der Waals surface area contributed by atoms with Gasteiger partial charge in [-0.25, -0.2) is 4.98 Å². The van der Waals surface area contributed by atoms with Crippen LogP contribution in [0.3, 0.4) is 0 Å². The summed E-state index contributed by atoms with van der Waals surface area (Å²) >= 11 is 0. The smallest absolute Gasteiger partial charge is 0.305 e. The van der Waals surface area contributed by atoms with Crippen molar-refractivity contribution >= 4 is 40.5 Å². The SMILES string of the molecule is COC(=O)CCc1ccccc1N(CC(=O)NCC1CCC(Nc2nc3ccccc3[nH]2)CC1)C(C)=O. The molecule has 0 radical (unpaired) electrons. The van der Waals surface area contributed by atoms with Gasteiger partial charge in [0.05, 0.1) is 18.1 Å². The van der Waals surface area contributed by atoms with Gasteiger partial charge in [-0.05, 0) is 61.8 Å². The zero-order chi connectivity index (χ0) is 26.2. The summed E-state index contributed by atoms with van der Waals surface area (Å²) in [4.78, 5) is 46.2. The summed E-state index contributed by atoms with van der Waals surface area (Å²) in [6, 6.07) is 15.7. The maximum Gasteiger partial charge on any atom is 0.305 e. The molecule has 9 nitrogen and oxygen atoms in total. The molecule has 9 heteroatoms. The number of aromatic nitrogens is 2. The number of hydrogen-bond acceptors (Lipinski definition) is 6. The largest absolute Gasteiger partial charge is 0.469 e. The lowest BCUT2D eigenvalue weighted by atomic mass is 9.86. The molecule has 3 aromatic rings. The third kappa shape index (κ3) is 7.09. The van der Waals surface area contributed by atoms with E-state index in [1.165, 1.54) is 18.9 Å². The summed E-state index contributed by atoms with van der Waals surface area (Å²) < 4.78 is 4.73. The predicted octanol–water partition coefficient (Wildman–Crippen LogP) is 3.81. The van der Waals surface area contributed by atoms with Crippen LogP contribution in [0.15, 0.2) is 48.5 Å². The van der Waals surface area contributed by atoms with Gasteiger partial charge >= 0.3 is 5.97 Å². The van der Waals surface area contributed by atoms with Gasteiger partial charge in [-0.15, -0.1) is 0 Å². The molecule has 1 aliphatic carbocycles. The number of anilines is 2. The monoisotopic (exact) mass is 505 g/mol. The van der Waals surface area contributed by atoms with Crippen LogP contribution in [0.2, 0.25) is 0 Å². The van der Waals surface area contributed by atoms with Gasteiger partial charge < -0.3 is 25.3 Å². The van der Waals surface area contributed by atoms with Crippen LogP contribution in [0.25, 0.3) is 11.0 Å². The Morgan fingerprint density at radius 3 is 2.51 bits per heavy atom. The van der Waals surface area contributed by atoms with Gasteiger partial charge in [0.15, 0.2) is 0 Å². The Morgan fingerprint density at radius 1 is 1.05 bits per heavy atom. The second-order valence-electron chi connectivity index (χ2n) is 9.58. The minimum absolute atomic E-state index is 0.0620. The molecule has 2 aromatic carbocycles. The molecule has 1 saturated carbocycles. The summed E-state index contributed by atoms with van der Waals surface area (Å²) in [5.74, 6) is 0.465. The van der Waals surface area contributed by atoms with E-state index in [9.17, 15) is 14.4 Å². The van der Waals surface area contributed by atoms with E-state index in [0.717, 1.165) is 48.2 Å². The second kappa shape index (κ2) is 12.4. The van der Waals surface area contributed by atoms with E-state index >= 15 is 0 Å². The number of carbonyl (C=O) groups is 3. The maximum atomic E-state index is 12.8. The Kier molecular flexibility index (Phi) is 8.77. The number of rotatable bonds is 10. The molecule has 1 aliphatic rings. The average Bonchev–Trinajstić information content (AvgIpc) is 3.32. The Morgan fingerprint density at radius 2 is 1.78 bits per heavy atom. The fourth-order valence-electron chi connectivity index (χ4n) is 4.87. The first-order valence-corrected chi connectivity index (χ1v) is 12.8. The molecule has 196 valence electrons. The van der Waals surface area contributed by atoms with Crippen LogP contribution in [0.4, 0.5) is 11.6 Å². The third-order valence-corrected chi connectivity index (χ3v) is 6.96. The van der Waals surface area contributed by atoms with Crippen molar-refractivity contribution in [3.63, 3.8) is 0 Å². The lowest BCUT2D eigenvalue weighted by molar-refractivity contribution is -0.140. The zero-order valence-corrected chi connectivity index (χ0v) is 21.5. The number of aryl methyl sites for hydroxylation is 1. The highest BCUT2D eigenvalue weighted by molar-refractivity contribution is 5.98. The molecule has 0 spiro atoms. The van der Waals surface area contributed by atoms with Crippen LogP contribution in [0, 0.1) is 5.92 Å². The Hall–Kier alpha value is -3.88. The van der Waals surface area contributed by atoms with Gasteiger partial charge in [-0.2, -0.15) is 0 Å². The van der Waals surface area contributed by atoms with E-state index in [2.05, 4.69) is 20.6 Å². The average molecular weight is 506 g/mol. The molecule has 0 saturated heterocycles. The molecule has 0 aliphatic heterocycles. The molecule has 1 fully saturated rings. The van der Waals surface area contributed by atoms with Crippen LogP contribution in [-0.2, 0) is 25.5 Å². The highest BCUT2D eigenvalue weighted by Gasteiger charge is 2.24. The van der Waals surface area contributed by atoms with Crippen LogP contribution < -0.4 is 15.5 Å².